The number of nitrogens with two attached hydrogens (primary N) is 1. The molecule has 0 saturated carbocycles. The van der Waals surface area contributed by atoms with Gasteiger partial charge in [-0.25, -0.2) is 4.79 Å². The first-order valence-corrected chi connectivity index (χ1v) is 9.12. The number of carboxylic acids is 1. The molecule has 7 nitrogen and oxygen atoms in total. The molecular formula is C15H19F3N2O5S. The van der Waals surface area contributed by atoms with Gasteiger partial charge in [0.1, 0.15) is 17.5 Å². The number of phenols is 1. The molecule has 3 atom stereocenters. The molecule has 0 aromatic heterocycles. The van der Waals surface area contributed by atoms with E-state index in [1.807, 2.05) is 0 Å². The first kappa shape index (κ1) is 22.1. The standard InChI is InChI=1S/C15H19F3N2O5S/c1-26(25)5-4-10(19)13(22)20-11(14(23)24)7-8-2-3-12(21)9(6-8)15(16,17)18/h2-3,6,10-11,21H,4-5,7,19H2,1H3,(H,20,22)(H,23,24)/t10-,11-,26?/m0/s1. The number of carboxylic acid groups (broad SMARTS) is 1. The van der Waals surface area contributed by atoms with Crippen molar-refractivity contribution in [1.82, 2.24) is 5.32 Å². The zero-order chi connectivity index (χ0) is 20.1. The Hall–Kier alpha value is -1.98. The van der Waals surface area contributed by atoms with Gasteiger partial charge in [-0.3, -0.25) is 4.79 Å². The quantitative estimate of drug-likeness (QED) is 0.476. The Balaban J connectivity index is 2.86. The van der Waals surface area contributed by atoms with Crippen LogP contribution in [0.1, 0.15) is 17.5 Å². The Morgan fingerprint density at radius 1 is 1.38 bits per heavy atom. The minimum absolute atomic E-state index is 0.0361. The fourth-order valence-corrected chi connectivity index (χ4v) is 2.66. The fourth-order valence-electron chi connectivity index (χ4n) is 2.08. The second-order valence-corrected chi connectivity index (χ2v) is 7.18. The minimum Gasteiger partial charge on any atom is -0.617 e. The van der Waals surface area contributed by atoms with E-state index in [4.69, 9.17) is 5.73 Å². The van der Waals surface area contributed by atoms with Crippen LogP contribution >= 0.6 is 0 Å². The van der Waals surface area contributed by atoms with Crippen molar-refractivity contribution in [3.8, 4) is 5.75 Å². The molecule has 1 aromatic carbocycles. The van der Waals surface area contributed by atoms with E-state index in [0.717, 1.165) is 12.1 Å². The summed E-state index contributed by atoms with van der Waals surface area (Å²) < 4.78 is 49.4. The maximum absolute atomic E-state index is 12.8. The Kier molecular flexibility index (Phi) is 7.72. The molecule has 5 N–H and O–H groups in total. The van der Waals surface area contributed by atoms with Gasteiger partial charge in [0.05, 0.1) is 17.9 Å². The molecule has 11 heteroatoms. The monoisotopic (exact) mass is 396 g/mol. The molecule has 0 radical (unpaired) electrons. The largest absolute Gasteiger partial charge is 0.617 e. The number of halogens is 3. The Morgan fingerprint density at radius 3 is 2.50 bits per heavy atom. The summed E-state index contributed by atoms with van der Waals surface area (Å²) in [4.78, 5) is 23.2. The Labute approximate surface area is 150 Å². The molecular weight excluding hydrogens is 377 g/mol. The summed E-state index contributed by atoms with van der Waals surface area (Å²) in [5.74, 6) is -3.09. The highest BCUT2D eigenvalue weighted by molar-refractivity contribution is 7.90. The molecule has 1 amide bonds. The van der Waals surface area contributed by atoms with Gasteiger partial charge < -0.3 is 25.8 Å². The molecule has 0 aliphatic heterocycles. The molecule has 0 bridgehead atoms. The van der Waals surface area contributed by atoms with Crippen molar-refractivity contribution in [1.29, 1.82) is 0 Å². The first-order chi connectivity index (χ1) is 11.9. The van der Waals surface area contributed by atoms with E-state index in [1.165, 1.54) is 6.26 Å². The van der Waals surface area contributed by atoms with Crippen LogP contribution in [0.3, 0.4) is 0 Å². The van der Waals surface area contributed by atoms with Gasteiger partial charge in [0, 0.05) is 12.8 Å². The van der Waals surface area contributed by atoms with Gasteiger partial charge in [0.15, 0.2) is 0 Å². The third-order valence-corrected chi connectivity index (χ3v) is 4.28. The highest BCUT2D eigenvalue weighted by Crippen LogP contribution is 2.36. The number of hydrogen-bond donors (Lipinski definition) is 4. The van der Waals surface area contributed by atoms with Crippen molar-refractivity contribution in [2.75, 3.05) is 12.0 Å². The highest BCUT2D eigenvalue weighted by atomic mass is 32.2. The van der Waals surface area contributed by atoms with Crippen LogP contribution in [0.15, 0.2) is 18.2 Å². The molecule has 0 aliphatic carbocycles. The average Bonchev–Trinajstić information content (AvgIpc) is 2.52. The van der Waals surface area contributed by atoms with Crippen LogP contribution in [0.4, 0.5) is 13.2 Å². The number of carbonyl (C=O) groups is 2. The molecule has 0 fully saturated rings. The van der Waals surface area contributed by atoms with Crippen molar-refractivity contribution >= 4 is 23.1 Å². The Bertz CT molecular complexity index is 655. The van der Waals surface area contributed by atoms with E-state index in [1.54, 1.807) is 0 Å². The van der Waals surface area contributed by atoms with Crippen molar-refractivity contribution in [2.24, 2.45) is 5.73 Å². The first-order valence-electron chi connectivity index (χ1n) is 7.39. The second-order valence-electron chi connectivity index (χ2n) is 5.63. The molecule has 146 valence electrons. The number of phenolic OH excluding ortho intramolecular Hbond substituents is 1. The average molecular weight is 396 g/mol. The van der Waals surface area contributed by atoms with Gasteiger partial charge >= 0.3 is 12.1 Å². The number of amides is 1. The van der Waals surface area contributed by atoms with Gasteiger partial charge in [0.25, 0.3) is 0 Å². The summed E-state index contributed by atoms with van der Waals surface area (Å²) in [6.07, 6.45) is -3.75. The molecule has 1 unspecified atom stereocenters. The maximum Gasteiger partial charge on any atom is 0.419 e. The number of aliphatic carboxylic acids is 1. The van der Waals surface area contributed by atoms with Crippen LogP contribution in [0.25, 0.3) is 0 Å². The summed E-state index contributed by atoms with van der Waals surface area (Å²) in [6, 6.07) is -0.0383. The number of rotatable bonds is 8. The number of nitrogens with one attached hydrogen (secondary N) is 1. The molecule has 0 saturated heterocycles. The van der Waals surface area contributed by atoms with Crippen LogP contribution in [-0.4, -0.2) is 50.7 Å². The predicted molar refractivity (Wildman–Crippen MR) is 87.9 cm³/mol. The summed E-state index contributed by atoms with van der Waals surface area (Å²) in [6.45, 7) is 0. The minimum atomic E-state index is -4.81. The van der Waals surface area contributed by atoms with Gasteiger partial charge in [-0.05, 0) is 17.7 Å². The third-order valence-electron chi connectivity index (χ3n) is 3.47. The summed E-state index contributed by atoms with van der Waals surface area (Å²) in [5, 5.41) is 20.6. The van der Waals surface area contributed by atoms with Crippen molar-refractivity contribution in [3.63, 3.8) is 0 Å². The highest BCUT2D eigenvalue weighted by Gasteiger charge is 2.34. The Morgan fingerprint density at radius 2 is 2.00 bits per heavy atom. The van der Waals surface area contributed by atoms with Crippen LogP contribution in [0.5, 0.6) is 5.75 Å². The number of aromatic hydroxyl groups is 1. The lowest BCUT2D eigenvalue weighted by Crippen LogP contribution is -2.49. The van der Waals surface area contributed by atoms with Gasteiger partial charge in [0.2, 0.25) is 5.91 Å². The van der Waals surface area contributed by atoms with Crippen molar-refractivity contribution < 1.29 is 37.5 Å². The van der Waals surface area contributed by atoms with Crippen molar-refractivity contribution in [2.45, 2.75) is 31.1 Å². The number of carbonyl (C=O) groups excluding carboxylic acids is 1. The van der Waals surface area contributed by atoms with Crippen LogP contribution in [-0.2, 0) is 33.4 Å². The zero-order valence-corrected chi connectivity index (χ0v) is 14.6. The fraction of sp³-hybridized carbons (Fsp3) is 0.467. The summed E-state index contributed by atoms with van der Waals surface area (Å²) >= 11 is -1.18. The molecule has 0 aliphatic rings. The number of alkyl halides is 3. The van der Waals surface area contributed by atoms with E-state index in [2.05, 4.69) is 5.32 Å². The van der Waals surface area contributed by atoms with E-state index < -0.39 is 59.0 Å². The van der Waals surface area contributed by atoms with Gasteiger partial charge in [-0.15, -0.1) is 0 Å². The maximum atomic E-state index is 12.8. The SMILES string of the molecule is C[S+]([O-])CC[C@H](N)C(=O)N[C@@H](Cc1ccc(O)c(C(F)(F)F)c1)C(=O)O. The van der Waals surface area contributed by atoms with Gasteiger partial charge in [-0.1, -0.05) is 17.2 Å². The smallest absolute Gasteiger partial charge is 0.419 e. The zero-order valence-electron chi connectivity index (χ0n) is 13.7. The second kappa shape index (κ2) is 9.10. The molecule has 0 spiro atoms. The van der Waals surface area contributed by atoms with Crippen molar-refractivity contribution in [3.05, 3.63) is 29.3 Å². The lowest BCUT2D eigenvalue weighted by molar-refractivity contribution is -0.142. The molecule has 1 rings (SSSR count). The van der Waals surface area contributed by atoms with E-state index in [0.29, 0.717) is 6.07 Å². The summed E-state index contributed by atoms with van der Waals surface area (Å²) in [7, 11) is 0. The topological polar surface area (TPSA) is 136 Å². The number of benzene rings is 1. The molecule has 0 heterocycles. The normalized spacial score (nSPS) is 15.2. The number of hydrogen-bond acceptors (Lipinski definition) is 5. The molecule has 26 heavy (non-hydrogen) atoms. The lowest BCUT2D eigenvalue weighted by Gasteiger charge is -2.19. The van der Waals surface area contributed by atoms with Gasteiger partial charge in [-0.2, -0.15) is 13.2 Å². The lowest BCUT2D eigenvalue weighted by atomic mass is 10.0. The van der Waals surface area contributed by atoms with Crippen LogP contribution in [0, 0.1) is 0 Å². The predicted octanol–water partition coefficient (Wildman–Crippen LogP) is 0.619. The summed E-state index contributed by atoms with van der Waals surface area (Å²) in [5.41, 5.74) is 4.25. The van der Waals surface area contributed by atoms with E-state index in [9.17, 15) is 37.5 Å². The van der Waals surface area contributed by atoms with E-state index >= 15 is 0 Å². The van der Waals surface area contributed by atoms with E-state index in [-0.39, 0.29) is 17.7 Å². The molecule has 1 aromatic rings. The third kappa shape index (κ3) is 6.73. The van der Waals surface area contributed by atoms with Crippen LogP contribution in [0.2, 0.25) is 0 Å². The van der Waals surface area contributed by atoms with Crippen LogP contribution < -0.4 is 11.1 Å².